The number of nitro groups is 1. The molecule has 2 saturated carbocycles. The number of carbonyl (C=O) groups is 1. The predicted octanol–water partition coefficient (Wildman–Crippen LogP) is 3.48. The summed E-state index contributed by atoms with van der Waals surface area (Å²) in [6.45, 7) is 2.18. The largest absolute Gasteiger partial charge is 0.376 e. The lowest BCUT2D eigenvalue weighted by Gasteiger charge is -2.30. The fraction of sp³-hybridized carbons (Fsp3) is 0.588. The minimum Gasteiger partial charge on any atom is -0.376 e. The molecule has 6 nitrogen and oxygen atoms in total. The van der Waals surface area contributed by atoms with Gasteiger partial charge in [0, 0.05) is 23.7 Å². The van der Waals surface area contributed by atoms with Crippen LogP contribution in [0.15, 0.2) is 18.2 Å². The van der Waals surface area contributed by atoms with Gasteiger partial charge in [0.15, 0.2) is 0 Å². The Kier molecular flexibility index (Phi) is 4.50. The normalized spacial score (nSPS) is 24.0. The van der Waals surface area contributed by atoms with Crippen molar-refractivity contribution in [3.05, 3.63) is 33.9 Å². The molecular formula is C17H23N3O3. The van der Waals surface area contributed by atoms with E-state index in [1.165, 1.54) is 12.5 Å². The van der Waals surface area contributed by atoms with Crippen molar-refractivity contribution < 1.29 is 9.72 Å². The average molecular weight is 317 g/mol. The van der Waals surface area contributed by atoms with Crippen LogP contribution in [0.4, 0.5) is 11.4 Å². The zero-order valence-corrected chi connectivity index (χ0v) is 13.4. The number of benzene rings is 1. The maximum atomic E-state index is 12.1. The monoisotopic (exact) mass is 317 g/mol. The van der Waals surface area contributed by atoms with Crippen LogP contribution in [0, 0.1) is 16.0 Å². The van der Waals surface area contributed by atoms with Crippen LogP contribution in [-0.2, 0) is 0 Å². The number of hydrogen-bond acceptors (Lipinski definition) is 4. The van der Waals surface area contributed by atoms with Crippen molar-refractivity contribution in [3.8, 4) is 0 Å². The Bertz CT molecular complexity index is 613. The van der Waals surface area contributed by atoms with Gasteiger partial charge in [0.25, 0.3) is 11.6 Å². The molecule has 3 rings (SSSR count). The van der Waals surface area contributed by atoms with Crippen LogP contribution in [0.2, 0.25) is 0 Å². The number of carbonyl (C=O) groups excluding carboxylic acids is 1. The van der Waals surface area contributed by atoms with Crippen LogP contribution in [0.25, 0.3) is 0 Å². The first kappa shape index (κ1) is 15.8. The summed E-state index contributed by atoms with van der Waals surface area (Å²) in [6, 6.07) is 5.21. The van der Waals surface area contributed by atoms with Gasteiger partial charge in [-0.05, 0) is 43.7 Å². The fourth-order valence-corrected chi connectivity index (χ4v) is 3.17. The first-order chi connectivity index (χ1) is 11.0. The van der Waals surface area contributed by atoms with Gasteiger partial charge in [-0.25, -0.2) is 0 Å². The highest BCUT2D eigenvalue weighted by Gasteiger charge is 2.27. The number of amides is 1. The first-order valence-electron chi connectivity index (χ1n) is 8.40. The third kappa shape index (κ3) is 3.81. The molecule has 2 atom stereocenters. The Morgan fingerprint density at radius 2 is 1.96 bits per heavy atom. The molecule has 2 unspecified atom stereocenters. The number of nitro benzene ring substituents is 1. The maximum Gasteiger partial charge on any atom is 0.293 e. The lowest BCUT2D eigenvalue weighted by atomic mass is 9.86. The molecule has 0 saturated heterocycles. The van der Waals surface area contributed by atoms with E-state index < -0.39 is 4.92 Å². The van der Waals surface area contributed by atoms with Gasteiger partial charge in [-0.3, -0.25) is 14.9 Å². The second-order valence-corrected chi connectivity index (χ2v) is 6.75. The Morgan fingerprint density at radius 3 is 2.61 bits per heavy atom. The van der Waals surface area contributed by atoms with Crippen LogP contribution in [0.3, 0.4) is 0 Å². The highest BCUT2D eigenvalue weighted by molar-refractivity contribution is 5.96. The third-order valence-corrected chi connectivity index (χ3v) is 4.82. The number of rotatable bonds is 5. The molecule has 1 amide bonds. The highest BCUT2D eigenvalue weighted by Crippen LogP contribution is 2.32. The quantitative estimate of drug-likeness (QED) is 0.643. The summed E-state index contributed by atoms with van der Waals surface area (Å²) in [5.74, 6) is 0.273. The molecule has 0 spiro atoms. The fourth-order valence-electron chi connectivity index (χ4n) is 3.17. The Balaban J connectivity index is 1.78. The molecule has 2 aliphatic rings. The van der Waals surface area contributed by atoms with Crippen LogP contribution in [0.1, 0.15) is 55.8 Å². The number of nitrogens with one attached hydrogen (secondary N) is 2. The Labute approximate surface area is 135 Å². The molecule has 124 valence electrons. The lowest BCUT2D eigenvalue weighted by molar-refractivity contribution is -0.384. The topological polar surface area (TPSA) is 84.3 Å². The SMILES string of the molecule is CC1CCCCC1Nc1ccc(C(=O)NC2CC2)cc1[N+](=O)[O-]. The van der Waals surface area contributed by atoms with Crippen LogP contribution < -0.4 is 10.6 Å². The lowest BCUT2D eigenvalue weighted by Crippen LogP contribution is -2.30. The molecule has 2 N–H and O–H groups in total. The van der Waals surface area contributed by atoms with Gasteiger partial charge >= 0.3 is 0 Å². The van der Waals surface area contributed by atoms with Gasteiger partial charge in [-0.1, -0.05) is 19.8 Å². The highest BCUT2D eigenvalue weighted by atomic mass is 16.6. The average Bonchev–Trinajstić information content (AvgIpc) is 3.33. The zero-order valence-electron chi connectivity index (χ0n) is 13.4. The second-order valence-electron chi connectivity index (χ2n) is 6.75. The first-order valence-corrected chi connectivity index (χ1v) is 8.40. The second kappa shape index (κ2) is 6.56. The summed E-state index contributed by atoms with van der Waals surface area (Å²) in [7, 11) is 0. The summed E-state index contributed by atoms with van der Waals surface area (Å²) < 4.78 is 0. The van der Waals surface area contributed by atoms with Crippen molar-refractivity contribution in [2.45, 2.75) is 57.5 Å². The molecular weight excluding hydrogens is 294 g/mol. The number of nitrogens with zero attached hydrogens (tertiary/aromatic N) is 1. The molecule has 0 radical (unpaired) electrons. The van der Waals surface area contributed by atoms with E-state index in [1.54, 1.807) is 12.1 Å². The van der Waals surface area contributed by atoms with Crippen molar-refractivity contribution in [1.29, 1.82) is 0 Å². The van der Waals surface area contributed by atoms with Crippen molar-refractivity contribution >= 4 is 17.3 Å². The van der Waals surface area contributed by atoms with E-state index >= 15 is 0 Å². The summed E-state index contributed by atoms with van der Waals surface area (Å²) >= 11 is 0. The Hall–Kier alpha value is -2.11. The van der Waals surface area contributed by atoms with Crippen LogP contribution in [0.5, 0.6) is 0 Å². The zero-order chi connectivity index (χ0) is 16.4. The van der Waals surface area contributed by atoms with Gasteiger partial charge in [0.2, 0.25) is 0 Å². The van der Waals surface area contributed by atoms with E-state index in [0.29, 0.717) is 17.2 Å². The van der Waals surface area contributed by atoms with Crippen molar-refractivity contribution in [1.82, 2.24) is 5.32 Å². The molecule has 0 aromatic heterocycles. The summed E-state index contributed by atoms with van der Waals surface area (Å²) in [6.07, 6.45) is 6.54. The van der Waals surface area contributed by atoms with Gasteiger partial charge in [-0.2, -0.15) is 0 Å². The van der Waals surface area contributed by atoms with Gasteiger partial charge in [0.05, 0.1) is 4.92 Å². The minimum absolute atomic E-state index is 0.0220. The number of anilines is 1. The summed E-state index contributed by atoms with van der Waals surface area (Å²) in [5, 5.41) is 17.6. The van der Waals surface area contributed by atoms with Crippen LogP contribution >= 0.6 is 0 Å². The maximum absolute atomic E-state index is 12.1. The van der Waals surface area contributed by atoms with Gasteiger partial charge in [0.1, 0.15) is 5.69 Å². The Morgan fingerprint density at radius 1 is 1.22 bits per heavy atom. The molecule has 0 aliphatic heterocycles. The predicted molar refractivity (Wildman–Crippen MR) is 88.6 cm³/mol. The summed E-state index contributed by atoms with van der Waals surface area (Å²) in [4.78, 5) is 23.0. The molecule has 2 fully saturated rings. The van der Waals surface area contributed by atoms with E-state index in [1.807, 2.05) is 0 Å². The molecule has 1 aromatic carbocycles. The van der Waals surface area contributed by atoms with E-state index in [-0.39, 0.29) is 23.7 Å². The summed E-state index contributed by atoms with van der Waals surface area (Å²) in [5.41, 5.74) is 0.841. The van der Waals surface area contributed by atoms with Gasteiger partial charge in [-0.15, -0.1) is 0 Å². The van der Waals surface area contributed by atoms with E-state index in [2.05, 4.69) is 17.6 Å². The minimum atomic E-state index is -0.413. The van der Waals surface area contributed by atoms with E-state index in [9.17, 15) is 14.9 Å². The molecule has 6 heteroatoms. The van der Waals surface area contributed by atoms with Gasteiger partial charge < -0.3 is 10.6 Å². The van der Waals surface area contributed by atoms with Crippen molar-refractivity contribution in [2.24, 2.45) is 5.92 Å². The molecule has 2 aliphatic carbocycles. The smallest absolute Gasteiger partial charge is 0.293 e. The van der Waals surface area contributed by atoms with E-state index in [4.69, 9.17) is 0 Å². The molecule has 0 heterocycles. The third-order valence-electron chi connectivity index (χ3n) is 4.82. The molecule has 1 aromatic rings. The van der Waals surface area contributed by atoms with E-state index in [0.717, 1.165) is 32.1 Å². The molecule has 23 heavy (non-hydrogen) atoms. The van der Waals surface area contributed by atoms with Crippen LogP contribution in [-0.4, -0.2) is 22.9 Å². The van der Waals surface area contributed by atoms with Crippen molar-refractivity contribution in [2.75, 3.05) is 5.32 Å². The molecule has 0 bridgehead atoms. The standard InChI is InChI=1S/C17H23N3O3/c1-11-4-2-3-5-14(11)19-15-9-6-12(10-16(15)20(22)23)17(21)18-13-7-8-13/h6,9-11,13-14,19H,2-5,7-8H2,1H3,(H,18,21). The number of hydrogen-bond donors (Lipinski definition) is 2. The van der Waals surface area contributed by atoms with Crippen molar-refractivity contribution in [3.63, 3.8) is 0 Å².